The van der Waals surface area contributed by atoms with Crippen LogP contribution in [0, 0.1) is 11.8 Å². The molecule has 0 bridgehead atoms. The monoisotopic (exact) mass is 404 g/mol. The van der Waals surface area contributed by atoms with E-state index in [1.54, 1.807) is 0 Å². The minimum Gasteiger partial charge on any atom is -0.155 e. The summed E-state index contributed by atoms with van der Waals surface area (Å²) in [6.07, 6.45) is 16.3. The number of rotatable bonds is 7. The van der Waals surface area contributed by atoms with Gasteiger partial charge in [0.25, 0.3) is 0 Å². The van der Waals surface area contributed by atoms with E-state index in [9.17, 15) is 0 Å². The first-order chi connectivity index (χ1) is 14.8. The number of hydrogen-bond donors (Lipinski definition) is 0. The van der Waals surface area contributed by atoms with Crippen LogP contribution < -0.4 is 0 Å². The third kappa shape index (κ3) is 5.31. The minimum absolute atomic E-state index is 0.616. The molecule has 1 aromatic heterocycles. The molecule has 0 saturated heterocycles. The molecule has 4 rings (SSSR count). The molecule has 2 aliphatic carbocycles. The Morgan fingerprint density at radius 2 is 1.20 bits per heavy atom. The van der Waals surface area contributed by atoms with Crippen LogP contribution in [-0.2, 0) is 0 Å². The lowest BCUT2D eigenvalue weighted by Crippen LogP contribution is -2.14. The molecular formula is C28H40N2. The largest absolute Gasteiger partial charge is 0.155 e. The smallest absolute Gasteiger partial charge is 0.0929 e. The van der Waals surface area contributed by atoms with Crippen molar-refractivity contribution >= 4 is 0 Å². The zero-order valence-electron chi connectivity index (χ0n) is 19.2. The molecule has 162 valence electrons. The second-order valence-corrected chi connectivity index (χ2v) is 9.98. The summed E-state index contributed by atoms with van der Waals surface area (Å²) in [5, 5.41) is 9.24. The van der Waals surface area contributed by atoms with E-state index < -0.39 is 0 Å². The minimum atomic E-state index is 0.616. The average Bonchev–Trinajstić information content (AvgIpc) is 2.81. The first-order valence-electron chi connectivity index (χ1n) is 12.7. The van der Waals surface area contributed by atoms with Gasteiger partial charge < -0.3 is 0 Å². The Hall–Kier alpha value is -1.70. The summed E-state index contributed by atoms with van der Waals surface area (Å²) in [6.45, 7) is 4.62. The molecule has 0 spiro atoms. The van der Waals surface area contributed by atoms with Gasteiger partial charge >= 0.3 is 0 Å². The van der Waals surface area contributed by atoms with Crippen LogP contribution in [0.4, 0.5) is 0 Å². The highest BCUT2D eigenvalue weighted by atomic mass is 15.1. The van der Waals surface area contributed by atoms with Crippen molar-refractivity contribution in [2.75, 3.05) is 0 Å². The van der Waals surface area contributed by atoms with Crippen LogP contribution in [0.5, 0.6) is 0 Å². The SMILES string of the molecule is CCC[C@H]1CC[C@H](c2ccc(-c3ccc([C@H]4CC[C@H](CCC)CC4)nn3)cc2)CC1. The highest BCUT2D eigenvalue weighted by molar-refractivity contribution is 5.59. The van der Waals surface area contributed by atoms with Crippen LogP contribution in [0.2, 0.25) is 0 Å². The van der Waals surface area contributed by atoms with Gasteiger partial charge in [0.1, 0.15) is 0 Å². The van der Waals surface area contributed by atoms with Crippen LogP contribution in [-0.4, -0.2) is 10.2 Å². The molecule has 0 aliphatic heterocycles. The van der Waals surface area contributed by atoms with Gasteiger partial charge in [-0.1, -0.05) is 63.8 Å². The predicted molar refractivity (Wildman–Crippen MR) is 127 cm³/mol. The van der Waals surface area contributed by atoms with Gasteiger partial charge in [0.05, 0.1) is 11.4 Å². The predicted octanol–water partition coefficient (Wildman–Crippen LogP) is 8.29. The first kappa shape index (κ1) is 21.5. The van der Waals surface area contributed by atoms with Gasteiger partial charge in [-0.15, -0.1) is 0 Å². The van der Waals surface area contributed by atoms with Crippen molar-refractivity contribution in [3.05, 3.63) is 47.7 Å². The Morgan fingerprint density at radius 1 is 0.633 bits per heavy atom. The van der Waals surface area contributed by atoms with Crippen molar-refractivity contribution in [1.29, 1.82) is 0 Å². The van der Waals surface area contributed by atoms with Crippen LogP contribution in [0.25, 0.3) is 11.3 Å². The molecule has 0 atom stereocenters. The van der Waals surface area contributed by atoms with E-state index in [-0.39, 0.29) is 0 Å². The van der Waals surface area contributed by atoms with E-state index in [0.717, 1.165) is 23.4 Å². The summed E-state index contributed by atoms with van der Waals surface area (Å²) in [4.78, 5) is 0. The van der Waals surface area contributed by atoms with Crippen molar-refractivity contribution in [2.24, 2.45) is 11.8 Å². The molecule has 30 heavy (non-hydrogen) atoms. The molecule has 1 aromatic carbocycles. The Labute approximate surface area is 183 Å². The Balaban J connectivity index is 1.33. The topological polar surface area (TPSA) is 25.8 Å². The molecule has 2 aliphatic rings. The average molecular weight is 405 g/mol. The Bertz CT molecular complexity index is 681. The van der Waals surface area contributed by atoms with Crippen LogP contribution in [0.3, 0.4) is 0 Å². The molecule has 2 aromatic rings. The second-order valence-electron chi connectivity index (χ2n) is 9.98. The van der Waals surface area contributed by atoms with Crippen molar-refractivity contribution in [3.8, 4) is 11.3 Å². The standard InChI is InChI=1S/C28H40N2/c1-3-5-21-7-11-23(12-8-21)24-15-17-26(18-16-24)28-20-19-27(29-30-28)25-13-9-22(6-4-2)10-14-25/h15-23,25H,3-14H2,1-2H3/t21-,22-,23-,25-. The zero-order valence-corrected chi connectivity index (χ0v) is 19.2. The number of aromatic nitrogens is 2. The van der Waals surface area contributed by atoms with E-state index in [0.29, 0.717) is 5.92 Å². The van der Waals surface area contributed by atoms with Crippen LogP contribution in [0.15, 0.2) is 36.4 Å². The fraction of sp³-hybridized carbons (Fsp3) is 0.643. The van der Waals surface area contributed by atoms with Gasteiger partial charge in [0.2, 0.25) is 0 Å². The molecule has 2 fully saturated rings. The summed E-state index contributed by atoms with van der Waals surface area (Å²) >= 11 is 0. The van der Waals surface area contributed by atoms with Gasteiger partial charge in [0, 0.05) is 11.5 Å². The van der Waals surface area contributed by atoms with E-state index >= 15 is 0 Å². The maximum absolute atomic E-state index is 4.64. The van der Waals surface area contributed by atoms with Gasteiger partial charge in [0.15, 0.2) is 0 Å². The van der Waals surface area contributed by atoms with Crippen molar-refractivity contribution < 1.29 is 0 Å². The molecule has 0 unspecified atom stereocenters. The highest BCUT2D eigenvalue weighted by Crippen LogP contribution is 2.39. The molecule has 1 heterocycles. The Kier molecular flexibility index (Phi) is 7.57. The van der Waals surface area contributed by atoms with E-state index in [2.05, 4.69) is 60.4 Å². The zero-order chi connectivity index (χ0) is 20.8. The molecule has 0 N–H and O–H groups in total. The third-order valence-corrected chi connectivity index (χ3v) is 7.87. The van der Waals surface area contributed by atoms with E-state index in [1.165, 1.54) is 93.9 Å². The number of hydrogen-bond acceptors (Lipinski definition) is 2. The van der Waals surface area contributed by atoms with Gasteiger partial charge in [-0.2, -0.15) is 10.2 Å². The van der Waals surface area contributed by atoms with E-state index in [4.69, 9.17) is 0 Å². The second kappa shape index (κ2) is 10.6. The fourth-order valence-corrected chi connectivity index (χ4v) is 5.99. The fourth-order valence-electron chi connectivity index (χ4n) is 5.99. The van der Waals surface area contributed by atoms with Crippen LogP contribution in [0.1, 0.15) is 114 Å². The van der Waals surface area contributed by atoms with Crippen LogP contribution >= 0.6 is 0 Å². The summed E-state index contributed by atoms with van der Waals surface area (Å²) in [6, 6.07) is 13.6. The molecule has 0 amide bonds. The number of benzene rings is 1. The van der Waals surface area contributed by atoms with E-state index in [1.807, 2.05) is 0 Å². The maximum Gasteiger partial charge on any atom is 0.0929 e. The summed E-state index contributed by atoms with van der Waals surface area (Å²) in [7, 11) is 0. The van der Waals surface area contributed by atoms with Crippen molar-refractivity contribution in [1.82, 2.24) is 10.2 Å². The van der Waals surface area contributed by atoms with Crippen molar-refractivity contribution in [3.63, 3.8) is 0 Å². The molecular weight excluding hydrogens is 364 g/mol. The lowest BCUT2D eigenvalue weighted by Gasteiger charge is -2.28. The summed E-state index contributed by atoms with van der Waals surface area (Å²) in [5.74, 6) is 3.29. The highest BCUT2D eigenvalue weighted by Gasteiger charge is 2.24. The third-order valence-electron chi connectivity index (χ3n) is 7.87. The van der Waals surface area contributed by atoms with Gasteiger partial charge in [-0.25, -0.2) is 0 Å². The maximum atomic E-state index is 4.64. The lowest BCUT2D eigenvalue weighted by molar-refractivity contribution is 0.304. The first-order valence-corrected chi connectivity index (χ1v) is 12.7. The number of nitrogens with zero attached hydrogens (tertiary/aromatic N) is 2. The summed E-state index contributed by atoms with van der Waals surface area (Å²) in [5.41, 5.74) is 4.93. The molecule has 2 nitrogen and oxygen atoms in total. The lowest BCUT2D eigenvalue weighted by atomic mass is 9.77. The summed E-state index contributed by atoms with van der Waals surface area (Å²) < 4.78 is 0. The molecule has 2 heteroatoms. The Morgan fingerprint density at radius 3 is 1.70 bits per heavy atom. The van der Waals surface area contributed by atoms with Gasteiger partial charge in [-0.05, 0) is 86.8 Å². The normalized spacial score (nSPS) is 27.1. The van der Waals surface area contributed by atoms with Gasteiger partial charge in [-0.3, -0.25) is 0 Å². The molecule has 0 radical (unpaired) electrons. The molecule has 2 saturated carbocycles. The quantitative estimate of drug-likeness (QED) is 0.464. The van der Waals surface area contributed by atoms with Crippen molar-refractivity contribution in [2.45, 2.75) is 103 Å².